The molecule has 0 bridgehead atoms. The third kappa shape index (κ3) is 2.90. The molecule has 0 aliphatic carbocycles. The number of hydrogen-bond acceptors (Lipinski definition) is 6. The van der Waals surface area contributed by atoms with Crippen LogP contribution in [0.2, 0.25) is 0 Å². The van der Waals surface area contributed by atoms with Crippen molar-refractivity contribution in [3.63, 3.8) is 0 Å². The van der Waals surface area contributed by atoms with Crippen molar-refractivity contribution in [2.24, 2.45) is 0 Å². The molecular weight excluding hydrogens is 250 g/mol. The zero-order valence-corrected chi connectivity index (χ0v) is 10.5. The molecule has 1 aliphatic heterocycles. The van der Waals surface area contributed by atoms with Gasteiger partial charge in [0.25, 0.3) is 0 Å². The fourth-order valence-corrected chi connectivity index (χ4v) is 1.92. The molecule has 19 heavy (non-hydrogen) atoms. The van der Waals surface area contributed by atoms with E-state index in [9.17, 15) is 14.9 Å². The maximum absolute atomic E-state index is 11.4. The fraction of sp³-hybridized carbons (Fsp3) is 0.455. The minimum atomic E-state index is -0.482. The molecule has 0 atom stereocenters. The number of hydrogen-bond donors (Lipinski definition) is 2. The van der Waals surface area contributed by atoms with Gasteiger partial charge in [0.2, 0.25) is 11.7 Å². The second-order valence-corrected chi connectivity index (χ2v) is 4.10. The van der Waals surface area contributed by atoms with Crippen LogP contribution in [0.3, 0.4) is 0 Å². The van der Waals surface area contributed by atoms with Crippen molar-refractivity contribution in [1.29, 1.82) is 0 Å². The lowest BCUT2D eigenvalue weighted by Gasteiger charge is -2.27. The number of carbonyl (C=O) groups excluding carboxylic acids is 1. The Balaban J connectivity index is 2.36. The van der Waals surface area contributed by atoms with Crippen LogP contribution in [0.25, 0.3) is 0 Å². The summed E-state index contributed by atoms with van der Waals surface area (Å²) in [7, 11) is 0. The van der Waals surface area contributed by atoms with Crippen LogP contribution in [0, 0.1) is 10.1 Å². The molecule has 2 N–H and O–H groups in total. The van der Waals surface area contributed by atoms with Gasteiger partial charge < -0.3 is 15.5 Å². The highest BCUT2D eigenvalue weighted by molar-refractivity contribution is 5.83. The first-order valence-corrected chi connectivity index (χ1v) is 6.02. The van der Waals surface area contributed by atoms with Gasteiger partial charge in [0, 0.05) is 25.7 Å². The molecule has 0 spiro atoms. The van der Waals surface area contributed by atoms with Crippen molar-refractivity contribution in [1.82, 2.24) is 10.3 Å². The number of piperazine rings is 1. The number of rotatable bonds is 4. The Morgan fingerprint density at radius 1 is 1.58 bits per heavy atom. The van der Waals surface area contributed by atoms with Crippen molar-refractivity contribution >= 4 is 23.2 Å². The topological polar surface area (TPSA) is 100 Å². The SMILES string of the molecule is CCNc1ccc([N+](=O)[O-])c(N2CCNC(=O)C2)n1. The quantitative estimate of drug-likeness (QED) is 0.602. The van der Waals surface area contributed by atoms with E-state index < -0.39 is 4.92 Å². The Morgan fingerprint density at radius 3 is 3.00 bits per heavy atom. The van der Waals surface area contributed by atoms with Crippen molar-refractivity contribution in [2.75, 3.05) is 36.4 Å². The molecule has 1 amide bonds. The van der Waals surface area contributed by atoms with Gasteiger partial charge in [-0.25, -0.2) is 4.98 Å². The highest BCUT2D eigenvalue weighted by Gasteiger charge is 2.25. The Morgan fingerprint density at radius 2 is 2.37 bits per heavy atom. The van der Waals surface area contributed by atoms with Crippen molar-refractivity contribution in [2.45, 2.75) is 6.92 Å². The number of anilines is 2. The molecule has 102 valence electrons. The van der Waals surface area contributed by atoms with E-state index >= 15 is 0 Å². The lowest BCUT2D eigenvalue weighted by molar-refractivity contribution is -0.384. The molecule has 1 aromatic rings. The maximum atomic E-state index is 11.4. The monoisotopic (exact) mass is 265 g/mol. The summed E-state index contributed by atoms with van der Waals surface area (Å²) in [6, 6.07) is 2.97. The smallest absolute Gasteiger partial charge is 0.311 e. The van der Waals surface area contributed by atoms with E-state index in [2.05, 4.69) is 15.6 Å². The first-order valence-electron chi connectivity index (χ1n) is 6.02. The summed E-state index contributed by atoms with van der Waals surface area (Å²) >= 11 is 0. The summed E-state index contributed by atoms with van der Waals surface area (Å²) in [4.78, 5) is 27.8. The summed E-state index contributed by atoms with van der Waals surface area (Å²) in [6.07, 6.45) is 0. The largest absolute Gasteiger partial charge is 0.370 e. The molecule has 1 fully saturated rings. The van der Waals surface area contributed by atoms with Crippen molar-refractivity contribution in [3.05, 3.63) is 22.2 Å². The molecule has 8 heteroatoms. The van der Waals surface area contributed by atoms with E-state index in [0.29, 0.717) is 25.5 Å². The number of aromatic nitrogens is 1. The van der Waals surface area contributed by atoms with Gasteiger partial charge in [-0.05, 0) is 13.0 Å². The average Bonchev–Trinajstić information content (AvgIpc) is 2.39. The third-order valence-electron chi connectivity index (χ3n) is 2.75. The van der Waals surface area contributed by atoms with Crippen LogP contribution >= 0.6 is 0 Å². The van der Waals surface area contributed by atoms with Gasteiger partial charge in [0.15, 0.2) is 0 Å². The van der Waals surface area contributed by atoms with Gasteiger partial charge in [-0.3, -0.25) is 14.9 Å². The number of pyridine rings is 1. The summed E-state index contributed by atoms with van der Waals surface area (Å²) in [6.45, 7) is 3.64. The molecule has 2 heterocycles. The highest BCUT2D eigenvalue weighted by atomic mass is 16.6. The van der Waals surface area contributed by atoms with Crippen LogP contribution in [0.1, 0.15) is 6.92 Å². The number of nitrogens with zero attached hydrogens (tertiary/aromatic N) is 3. The van der Waals surface area contributed by atoms with E-state index in [4.69, 9.17) is 0 Å². The van der Waals surface area contributed by atoms with Crippen LogP contribution in [-0.4, -0.2) is 42.0 Å². The second kappa shape index (κ2) is 5.51. The minimum Gasteiger partial charge on any atom is -0.370 e. The Kier molecular flexibility index (Phi) is 3.79. The van der Waals surface area contributed by atoms with E-state index in [-0.39, 0.29) is 24.0 Å². The summed E-state index contributed by atoms with van der Waals surface area (Å²) in [5.74, 6) is 0.642. The van der Waals surface area contributed by atoms with Crippen LogP contribution in [-0.2, 0) is 4.79 Å². The molecule has 1 aliphatic rings. The molecule has 0 radical (unpaired) electrons. The summed E-state index contributed by atoms with van der Waals surface area (Å²) in [5, 5.41) is 16.7. The molecule has 0 unspecified atom stereocenters. The second-order valence-electron chi connectivity index (χ2n) is 4.10. The standard InChI is InChI=1S/C11H15N5O3/c1-2-12-9-4-3-8(16(18)19)11(14-9)15-6-5-13-10(17)7-15/h3-4H,2,5-7H2,1H3,(H,12,14)(H,13,17). The van der Waals surface area contributed by atoms with Crippen LogP contribution in [0.5, 0.6) is 0 Å². The van der Waals surface area contributed by atoms with Crippen molar-refractivity contribution < 1.29 is 9.72 Å². The number of carbonyl (C=O) groups is 1. The molecule has 1 saturated heterocycles. The first kappa shape index (κ1) is 13.1. The van der Waals surface area contributed by atoms with E-state index in [1.165, 1.54) is 6.07 Å². The Bertz CT molecular complexity index is 505. The predicted octanol–water partition coefficient (Wildman–Crippen LogP) is 0.358. The van der Waals surface area contributed by atoms with Crippen LogP contribution < -0.4 is 15.5 Å². The third-order valence-corrected chi connectivity index (χ3v) is 2.75. The first-order chi connectivity index (χ1) is 9.11. The van der Waals surface area contributed by atoms with Gasteiger partial charge in [-0.2, -0.15) is 0 Å². The summed E-state index contributed by atoms with van der Waals surface area (Å²) < 4.78 is 0. The normalized spacial score (nSPS) is 15.0. The zero-order chi connectivity index (χ0) is 13.8. The molecular formula is C11H15N5O3. The number of nitrogens with one attached hydrogen (secondary N) is 2. The molecule has 0 saturated carbocycles. The van der Waals surface area contributed by atoms with Gasteiger partial charge in [0.05, 0.1) is 11.5 Å². The molecule has 1 aromatic heterocycles. The van der Waals surface area contributed by atoms with E-state index in [1.54, 1.807) is 11.0 Å². The maximum Gasteiger partial charge on any atom is 0.311 e. The predicted molar refractivity (Wildman–Crippen MR) is 70.3 cm³/mol. The number of amides is 1. The lowest BCUT2D eigenvalue weighted by Crippen LogP contribution is -2.48. The Labute approximate surface area is 110 Å². The van der Waals surface area contributed by atoms with E-state index in [1.807, 2.05) is 6.92 Å². The minimum absolute atomic E-state index is 0.0867. The fourth-order valence-electron chi connectivity index (χ4n) is 1.92. The van der Waals surface area contributed by atoms with Gasteiger partial charge in [-0.1, -0.05) is 0 Å². The molecule has 2 rings (SSSR count). The van der Waals surface area contributed by atoms with Gasteiger partial charge in [0.1, 0.15) is 5.82 Å². The highest BCUT2D eigenvalue weighted by Crippen LogP contribution is 2.27. The van der Waals surface area contributed by atoms with Gasteiger partial charge >= 0.3 is 5.69 Å². The molecule has 0 aromatic carbocycles. The summed E-state index contributed by atoms with van der Waals surface area (Å²) in [5.41, 5.74) is -0.0867. The van der Waals surface area contributed by atoms with Crippen LogP contribution in [0.4, 0.5) is 17.3 Å². The van der Waals surface area contributed by atoms with E-state index in [0.717, 1.165) is 0 Å². The number of nitro groups is 1. The average molecular weight is 265 g/mol. The lowest BCUT2D eigenvalue weighted by atomic mass is 10.3. The Hall–Kier alpha value is -2.38. The molecule has 8 nitrogen and oxygen atoms in total. The van der Waals surface area contributed by atoms with Crippen LogP contribution in [0.15, 0.2) is 12.1 Å². The van der Waals surface area contributed by atoms with Crippen molar-refractivity contribution in [3.8, 4) is 0 Å². The zero-order valence-electron chi connectivity index (χ0n) is 10.5. The van der Waals surface area contributed by atoms with Gasteiger partial charge in [-0.15, -0.1) is 0 Å².